The number of urea groups is 1. The second-order valence-corrected chi connectivity index (χ2v) is 8.28. The Bertz CT molecular complexity index is 1020. The van der Waals surface area contributed by atoms with Gasteiger partial charge in [-0.15, -0.1) is 0 Å². The fourth-order valence-electron chi connectivity index (χ4n) is 4.15. The van der Waals surface area contributed by atoms with Crippen molar-refractivity contribution in [3.63, 3.8) is 0 Å². The first kappa shape index (κ1) is 21.7. The second-order valence-electron chi connectivity index (χ2n) is 8.28. The Balaban J connectivity index is 1.40. The Morgan fingerprint density at radius 1 is 1.12 bits per heavy atom. The summed E-state index contributed by atoms with van der Waals surface area (Å²) in [6.07, 6.45) is 4.62. The third kappa shape index (κ3) is 4.39. The maximum Gasteiger partial charge on any atom is 0.325 e. The van der Waals surface area contributed by atoms with E-state index < -0.39 is 23.4 Å². The van der Waals surface area contributed by atoms with E-state index in [1.807, 2.05) is 6.07 Å². The predicted molar refractivity (Wildman–Crippen MR) is 119 cm³/mol. The molecule has 0 aromatic heterocycles. The van der Waals surface area contributed by atoms with E-state index in [9.17, 15) is 14.4 Å². The molecule has 2 aromatic rings. The van der Waals surface area contributed by atoms with Crippen LogP contribution in [-0.2, 0) is 15.1 Å². The van der Waals surface area contributed by atoms with Crippen molar-refractivity contribution in [2.24, 2.45) is 0 Å². The van der Waals surface area contributed by atoms with Gasteiger partial charge in [0.05, 0.1) is 13.2 Å². The van der Waals surface area contributed by atoms with Gasteiger partial charge >= 0.3 is 6.03 Å². The van der Waals surface area contributed by atoms with Gasteiger partial charge in [0.2, 0.25) is 5.91 Å². The molecule has 4 rings (SSSR count). The lowest BCUT2D eigenvalue weighted by atomic mass is 9.92. The number of anilines is 1. The van der Waals surface area contributed by atoms with Crippen LogP contribution in [0.2, 0.25) is 0 Å². The Kier molecular flexibility index (Phi) is 6.03. The molecule has 1 aliphatic carbocycles. The summed E-state index contributed by atoms with van der Waals surface area (Å²) < 4.78 is 11.1. The number of benzene rings is 2. The molecule has 8 nitrogen and oxygen atoms in total. The highest BCUT2D eigenvalue weighted by molar-refractivity contribution is 6.10. The Labute approximate surface area is 186 Å². The number of nitrogens with one attached hydrogen (secondary N) is 2. The highest BCUT2D eigenvalue weighted by Gasteiger charge is 2.49. The van der Waals surface area contributed by atoms with Crippen LogP contribution in [0.3, 0.4) is 0 Å². The molecule has 2 aromatic carbocycles. The number of hydrogen-bond acceptors (Lipinski definition) is 5. The molecule has 0 spiro atoms. The summed E-state index contributed by atoms with van der Waals surface area (Å²) in [7, 11) is 1.55. The minimum atomic E-state index is -1.25. The largest absolute Gasteiger partial charge is 0.497 e. The molecule has 4 amide bonds. The quantitative estimate of drug-likeness (QED) is 0.647. The molecule has 2 aliphatic rings. The molecule has 1 aliphatic heterocycles. The zero-order valence-electron chi connectivity index (χ0n) is 18.2. The smallest absolute Gasteiger partial charge is 0.325 e. The summed E-state index contributed by atoms with van der Waals surface area (Å²) in [6, 6.07) is 13.4. The summed E-state index contributed by atoms with van der Waals surface area (Å²) in [6.45, 7) is 1.24. The average Bonchev–Trinajstić information content (AvgIpc) is 3.37. The first-order valence-electron chi connectivity index (χ1n) is 10.7. The third-order valence-electron chi connectivity index (χ3n) is 5.97. The van der Waals surface area contributed by atoms with Gasteiger partial charge in [-0.05, 0) is 62.4 Å². The maximum absolute atomic E-state index is 13.0. The fourth-order valence-corrected chi connectivity index (χ4v) is 4.15. The topological polar surface area (TPSA) is 97.0 Å². The highest BCUT2D eigenvalue weighted by Crippen LogP contribution is 2.30. The van der Waals surface area contributed by atoms with Crippen LogP contribution in [0.1, 0.15) is 38.2 Å². The van der Waals surface area contributed by atoms with Crippen LogP contribution in [-0.4, -0.2) is 42.5 Å². The number of carbonyl (C=O) groups excluding carboxylic acids is 3. The summed E-state index contributed by atoms with van der Waals surface area (Å²) in [5, 5.41) is 5.45. The molecule has 1 saturated heterocycles. The van der Waals surface area contributed by atoms with Gasteiger partial charge in [-0.2, -0.15) is 0 Å². The number of methoxy groups -OCH3 is 1. The normalized spacial score (nSPS) is 20.9. The summed E-state index contributed by atoms with van der Waals surface area (Å²) in [5.74, 6) is 0.382. The van der Waals surface area contributed by atoms with Crippen molar-refractivity contribution in [1.29, 1.82) is 0 Å². The van der Waals surface area contributed by atoms with Gasteiger partial charge in [-0.3, -0.25) is 14.5 Å². The number of amides is 4. The van der Waals surface area contributed by atoms with Gasteiger partial charge in [-0.1, -0.05) is 18.2 Å². The van der Waals surface area contributed by atoms with Crippen LogP contribution in [0, 0.1) is 0 Å². The van der Waals surface area contributed by atoms with Crippen molar-refractivity contribution in [1.82, 2.24) is 10.2 Å². The third-order valence-corrected chi connectivity index (χ3v) is 5.97. The van der Waals surface area contributed by atoms with E-state index in [0.29, 0.717) is 22.7 Å². The van der Waals surface area contributed by atoms with Crippen molar-refractivity contribution in [2.45, 2.75) is 44.2 Å². The minimum absolute atomic E-state index is 0.211. The van der Waals surface area contributed by atoms with E-state index in [2.05, 4.69) is 10.6 Å². The van der Waals surface area contributed by atoms with Crippen LogP contribution in [0.5, 0.6) is 11.5 Å². The predicted octanol–water partition coefficient (Wildman–Crippen LogP) is 3.42. The number of hydrogen-bond donors (Lipinski definition) is 2. The first-order chi connectivity index (χ1) is 15.4. The van der Waals surface area contributed by atoms with Gasteiger partial charge < -0.3 is 20.1 Å². The minimum Gasteiger partial charge on any atom is -0.497 e. The van der Waals surface area contributed by atoms with Crippen molar-refractivity contribution >= 4 is 23.5 Å². The van der Waals surface area contributed by atoms with E-state index in [0.717, 1.165) is 17.7 Å². The van der Waals surface area contributed by atoms with Crippen LogP contribution in [0.25, 0.3) is 0 Å². The number of ether oxygens (including phenoxy) is 2. The maximum atomic E-state index is 13.0. The number of nitrogens with zero attached hydrogens (tertiary/aromatic N) is 1. The Morgan fingerprint density at radius 2 is 1.84 bits per heavy atom. The SMILES string of the molecule is COc1ccc(C2(C)NC(=O)N(CC(=O)Nc3cccc(OC4CCCC4)c3)C2=O)cc1. The molecule has 0 bridgehead atoms. The first-order valence-corrected chi connectivity index (χ1v) is 10.7. The van der Waals surface area contributed by atoms with E-state index in [1.54, 1.807) is 56.5 Å². The molecule has 1 unspecified atom stereocenters. The van der Waals surface area contributed by atoms with Gasteiger partial charge in [0.1, 0.15) is 23.6 Å². The van der Waals surface area contributed by atoms with E-state index in [1.165, 1.54) is 12.8 Å². The lowest BCUT2D eigenvalue weighted by Crippen LogP contribution is -2.42. The van der Waals surface area contributed by atoms with Crippen molar-refractivity contribution in [3.8, 4) is 11.5 Å². The van der Waals surface area contributed by atoms with Gasteiger partial charge in [-0.25, -0.2) is 4.79 Å². The van der Waals surface area contributed by atoms with E-state index in [4.69, 9.17) is 9.47 Å². The van der Waals surface area contributed by atoms with Crippen molar-refractivity contribution < 1.29 is 23.9 Å². The molecular weight excluding hydrogens is 410 g/mol. The molecule has 1 atom stereocenters. The monoisotopic (exact) mass is 437 g/mol. The molecule has 0 radical (unpaired) electrons. The summed E-state index contributed by atoms with van der Waals surface area (Å²) >= 11 is 0. The number of rotatable bonds is 7. The van der Waals surface area contributed by atoms with Gasteiger partial charge in [0.15, 0.2) is 0 Å². The van der Waals surface area contributed by atoms with Crippen LogP contribution >= 0.6 is 0 Å². The molecule has 2 N–H and O–H groups in total. The zero-order valence-corrected chi connectivity index (χ0v) is 18.2. The molecule has 32 heavy (non-hydrogen) atoms. The molecule has 8 heteroatoms. The van der Waals surface area contributed by atoms with E-state index in [-0.39, 0.29) is 12.6 Å². The lowest BCUT2D eigenvalue weighted by molar-refractivity contribution is -0.133. The van der Waals surface area contributed by atoms with Crippen LogP contribution in [0.15, 0.2) is 48.5 Å². The number of carbonyl (C=O) groups is 3. The zero-order chi connectivity index (χ0) is 22.7. The molecule has 1 heterocycles. The van der Waals surface area contributed by atoms with Crippen LogP contribution < -0.4 is 20.1 Å². The van der Waals surface area contributed by atoms with E-state index >= 15 is 0 Å². The molecule has 168 valence electrons. The lowest BCUT2D eigenvalue weighted by Gasteiger charge is -2.22. The van der Waals surface area contributed by atoms with Crippen molar-refractivity contribution in [2.75, 3.05) is 19.0 Å². The number of imide groups is 1. The van der Waals surface area contributed by atoms with Crippen molar-refractivity contribution in [3.05, 3.63) is 54.1 Å². The summed E-state index contributed by atoms with van der Waals surface area (Å²) in [5.41, 5.74) is -0.0923. The fraction of sp³-hybridized carbons (Fsp3) is 0.375. The van der Waals surface area contributed by atoms with Crippen LogP contribution in [0.4, 0.5) is 10.5 Å². The summed E-state index contributed by atoms with van der Waals surface area (Å²) in [4.78, 5) is 39.1. The van der Waals surface area contributed by atoms with Gasteiger partial charge in [0, 0.05) is 11.8 Å². The molecule has 1 saturated carbocycles. The second kappa shape index (κ2) is 8.90. The Morgan fingerprint density at radius 3 is 2.53 bits per heavy atom. The average molecular weight is 437 g/mol. The molecular formula is C24H27N3O5. The standard InChI is InChI=1S/C24H27N3O5/c1-24(16-10-12-18(31-2)13-11-16)22(29)27(23(30)26-24)15-21(28)25-17-6-5-9-20(14-17)32-19-7-3-4-8-19/h5-6,9-14,19H,3-4,7-8,15H2,1-2H3,(H,25,28)(H,26,30). The Hall–Kier alpha value is -3.55. The van der Waals surface area contributed by atoms with Gasteiger partial charge in [0.25, 0.3) is 5.91 Å². The highest BCUT2D eigenvalue weighted by atomic mass is 16.5. The molecule has 2 fully saturated rings.